The van der Waals surface area contributed by atoms with Gasteiger partial charge in [0.2, 0.25) is 0 Å². The van der Waals surface area contributed by atoms with Crippen molar-refractivity contribution in [1.29, 1.82) is 0 Å². The fourth-order valence-corrected chi connectivity index (χ4v) is 3.39. The van der Waals surface area contributed by atoms with E-state index in [1.54, 1.807) is 23.1 Å². The Morgan fingerprint density at radius 3 is 2.78 bits per heavy atom. The van der Waals surface area contributed by atoms with Crippen molar-refractivity contribution in [3.8, 4) is 10.6 Å². The molecule has 2 aromatic rings. The van der Waals surface area contributed by atoms with E-state index in [0.717, 1.165) is 19.4 Å². The fraction of sp³-hybridized carbons (Fsp3) is 0.333. The second-order valence-electron chi connectivity index (χ2n) is 5.16. The number of hydrogen-bond donors (Lipinski definition) is 1. The van der Waals surface area contributed by atoms with Crippen molar-refractivity contribution in [2.75, 3.05) is 13.1 Å². The van der Waals surface area contributed by atoms with Crippen LogP contribution in [0, 0.1) is 5.82 Å². The van der Waals surface area contributed by atoms with Crippen molar-refractivity contribution < 1.29 is 9.18 Å². The van der Waals surface area contributed by atoms with Crippen LogP contribution in [0.3, 0.4) is 0 Å². The number of likely N-dealkylation sites (tertiary alicyclic amines) is 1. The van der Waals surface area contributed by atoms with Crippen LogP contribution in [0.1, 0.15) is 22.5 Å². The molecule has 2 N–H and O–H groups in total. The number of benzene rings is 1. The number of piperidine rings is 1. The van der Waals surface area contributed by atoms with E-state index >= 15 is 0 Å². The van der Waals surface area contributed by atoms with Crippen molar-refractivity contribution in [3.63, 3.8) is 0 Å². The molecule has 3 rings (SSSR count). The highest BCUT2D eigenvalue weighted by Crippen LogP contribution is 2.28. The fourth-order valence-electron chi connectivity index (χ4n) is 2.48. The first-order valence-electron chi connectivity index (χ1n) is 6.91. The van der Waals surface area contributed by atoms with Gasteiger partial charge >= 0.3 is 0 Å². The van der Waals surface area contributed by atoms with E-state index in [4.69, 9.17) is 5.73 Å². The van der Waals surface area contributed by atoms with Crippen LogP contribution in [-0.2, 0) is 0 Å². The maximum Gasteiger partial charge on any atom is 0.265 e. The van der Waals surface area contributed by atoms with Crippen LogP contribution >= 0.6 is 36.2 Å². The Labute approximate surface area is 150 Å². The number of halogens is 3. The van der Waals surface area contributed by atoms with Gasteiger partial charge in [-0.2, -0.15) is 0 Å². The molecule has 1 aromatic carbocycles. The molecule has 0 saturated carbocycles. The highest BCUT2D eigenvalue weighted by atomic mass is 35.5. The van der Waals surface area contributed by atoms with Gasteiger partial charge in [-0.05, 0) is 25.0 Å². The van der Waals surface area contributed by atoms with Crippen molar-refractivity contribution in [2.45, 2.75) is 18.9 Å². The summed E-state index contributed by atoms with van der Waals surface area (Å²) in [6.45, 7) is 1.30. The van der Waals surface area contributed by atoms with Crippen LogP contribution in [-0.4, -0.2) is 34.9 Å². The summed E-state index contributed by atoms with van der Waals surface area (Å²) in [6, 6.07) is 6.49. The van der Waals surface area contributed by atoms with Gasteiger partial charge in [-0.3, -0.25) is 4.79 Å². The SMILES string of the molecule is Cl.Cl.NC1CCCN(C(=O)c2cnc(-c3ccccc3F)s2)C1. The first-order valence-corrected chi connectivity index (χ1v) is 7.72. The Hall–Kier alpha value is -1.21. The van der Waals surface area contributed by atoms with Gasteiger partial charge in [0.25, 0.3) is 5.91 Å². The van der Waals surface area contributed by atoms with E-state index in [9.17, 15) is 9.18 Å². The summed E-state index contributed by atoms with van der Waals surface area (Å²) in [4.78, 5) is 18.9. The molecule has 1 aliphatic heterocycles. The number of nitrogens with two attached hydrogens (primary N) is 1. The largest absolute Gasteiger partial charge is 0.336 e. The Bertz CT molecular complexity index is 668. The molecule has 0 radical (unpaired) electrons. The van der Waals surface area contributed by atoms with Crippen molar-refractivity contribution in [1.82, 2.24) is 9.88 Å². The predicted molar refractivity (Wildman–Crippen MR) is 95.1 cm³/mol. The second-order valence-corrected chi connectivity index (χ2v) is 6.19. The Morgan fingerprint density at radius 1 is 1.35 bits per heavy atom. The molecule has 1 fully saturated rings. The first-order chi connectivity index (χ1) is 10.1. The van der Waals surface area contributed by atoms with E-state index in [1.807, 2.05) is 0 Å². The smallest absolute Gasteiger partial charge is 0.265 e. The molecule has 1 amide bonds. The standard InChI is InChI=1S/C15H16FN3OS.2ClH/c16-12-6-2-1-5-11(12)14-18-8-13(21-14)15(20)19-7-3-4-10(17)9-19;;/h1-2,5-6,8,10H,3-4,7,9,17H2;2*1H. The molecule has 0 bridgehead atoms. The van der Waals surface area contributed by atoms with Crippen LogP contribution in [0.4, 0.5) is 4.39 Å². The summed E-state index contributed by atoms with van der Waals surface area (Å²) in [5, 5.41) is 0.526. The maximum atomic E-state index is 13.7. The third-order valence-corrected chi connectivity index (χ3v) is 4.58. The quantitative estimate of drug-likeness (QED) is 0.872. The number of amides is 1. The molecule has 0 aliphatic carbocycles. The maximum absolute atomic E-state index is 13.7. The number of hydrogen-bond acceptors (Lipinski definition) is 4. The van der Waals surface area contributed by atoms with E-state index in [0.29, 0.717) is 22.0 Å². The molecule has 1 aliphatic rings. The van der Waals surface area contributed by atoms with Crippen molar-refractivity contribution >= 4 is 42.1 Å². The minimum Gasteiger partial charge on any atom is -0.336 e. The summed E-state index contributed by atoms with van der Waals surface area (Å²) in [5.74, 6) is -0.393. The highest BCUT2D eigenvalue weighted by Gasteiger charge is 2.24. The average molecular weight is 378 g/mol. The van der Waals surface area contributed by atoms with E-state index in [2.05, 4.69) is 4.98 Å². The minimum absolute atomic E-state index is 0. The lowest BCUT2D eigenvalue weighted by Crippen LogP contribution is -2.45. The van der Waals surface area contributed by atoms with Gasteiger partial charge in [0, 0.05) is 24.7 Å². The lowest BCUT2D eigenvalue weighted by molar-refractivity contribution is 0.0713. The normalized spacial score (nSPS) is 17.1. The van der Waals surface area contributed by atoms with Crippen LogP contribution in [0.25, 0.3) is 10.6 Å². The molecule has 1 aromatic heterocycles. The minimum atomic E-state index is -0.328. The number of thiazole rings is 1. The number of carbonyl (C=O) groups is 1. The summed E-state index contributed by atoms with van der Waals surface area (Å²) in [6.07, 6.45) is 3.40. The van der Waals surface area contributed by atoms with Gasteiger partial charge in [0.1, 0.15) is 15.7 Å². The van der Waals surface area contributed by atoms with Gasteiger partial charge in [-0.25, -0.2) is 9.37 Å². The number of carbonyl (C=O) groups excluding carboxylic acids is 1. The zero-order valence-corrected chi connectivity index (χ0v) is 14.7. The van der Waals surface area contributed by atoms with Gasteiger partial charge < -0.3 is 10.6 Å². The van der Waals surface area contributed by atoms with Crippen molar-refractivity contribution in [3.05, 3.63) is 41.2 Å². The zero-order chi connectivity index (χ0) is 14.8. The lowest BCUT2D eigenvalue weighted by atomic mass is 10.1. The summed E-state index contributed by atoms with van der Waals surface area (Å²) < 4.78 is 13.7. The van der Waals surface area contributed by atoms with Crippen LogP contribution in [0.2, 0.25) is 0 Å². The van der Waals surface area contributed by atoms with Crippen LogP contribution in [0.5, 0.6) is 0 Å². The Kier molecular flexibility index (Phi) is 7.41. The summed E-state index contributed by atoms with van der Waals surface area (Å²) in [5.41, 5.74) is 6.33. The average Bonchev–Trinajstić information content (AvgIpc) is 2.96. The van der Waals surface area contributed by atoms with Gasteiger partial charge in [0.15, 0.2) is 0 Å². The van der Waals surface area contributed by atoms with Gasteiger partial charge in [0.05, 0.1) is 6.20 Å². The van der Waals surface area contributed by atoms with Crippen LogP contribution in [0.15, 0.2) is 30.5 Å². The van der Waals surface area contributed by atoms with Crippen molar-refractivity contribution in [2.24, 2.45) is 5.73 Å². The number of nitrogens with zero attached hydrogens (tertiary/aromatic N) is 2. The first kappa shape index (κ1) is 19.8. The molecule has 1 atom stereocenters. The lowest BCUT2D eigenvalue weighted by Gasteiger charge is -2.30. The second kappa shape index (κ2) is 8.59. The monoisotopic (exact) mass is 377 g/mol. The molecule has 0 spiro atoms. The van der Waals surface area contributed by atoms with Gasteiger partial charge in [-0.1, -0.05) is 12.1 Å². The summed E-state index contributed by atoms with van der Waals surface area (Å²) in [7, 11) is 0. The predicted octanol–water partition coefficient (Wildman–Crippen LogP) is 3.36. The molecule has 23 heavy (non-hydrogen) atoms. The molecule has 4 nitrogen and oxygen atoms in total. The molecular weight excluding hydrogens is 360 g/mol. The van der Waals surface area contributed by atoms with E-state index in [-0.39, 0.29) is 42.6 Å². The Balaban J connectivity index is 0.00000132. The molecule has 8 heteroatoms. The molecule has 2 heterocycles. The third kappa shape index (κ3) is 4.41. The van der Waals surface area contributed by atoms with E-state index < -0.39 is 0 Å². The van der Waals surface area contributed by atoms with E-state index in [1.165, 1.54) is 23.6 Å². The third-order valence-electron chi connectivity index (χ3n) is 3.57. The summed E-state index contributed by atoms with van der Waals surface area (Å²) >= 11 is 1.22. The number of rotatable bonds is 2. The Morgan fingerprint density at radius 2 is 2.09 bits per heavy atom. The van der Waals surface area contributed by atoms with Gasteiger partial charge in [-0.15, -0.1) is 36.2 Å². The highest BCUT2D eigenvalue weighted by molar-refractivity contribution is 7.16. The topological polar surface area (TPSA) is 59.2 Å². The molecular formula is C15H18Cl2FN3OS. The molecule has 1 unspecified atom stereocenters. The zero-order valence-electron chi connectivity index (χ0n) is 12.3. The number of aromatic nitrogens is 1. The molecule has 126 valence electrons. The van der Waals surface area contributed by atoms with Crippen LogP contribution < -0.4 is 5.73 Å². The molecule has 1 saturated heterocycles.